The molecule has 0 aromatic heterocycles. The van der Waals surface area contributed by atoms with Crippen molar-refractivity contribution in [3.8, 4) is 0 Å². The first kappa shape index (κ1) is 11.2. The van der Waals surface area contributed by atoms with Crippen LogP contribution in [0.25, 0.3) is 0 Å². The minimum atomic E-state index is -0.305. The third-order valence-corrected chi connectivity index (χ3v) is 3.40. The molecule has 18 heavy (non-hydrogen) atoms. The fourth-order valence-electron chi connectivity index (χ4n) is 2.47. The van der Waals surface area contributed by atoms with Crippen LogP contribution in [0.5, 0.6) is 0 Å². The number of imide groups is 1. The van der Waals surface area contributed by atoms with Crippen molar-refractivity contribution >= 4 is 17.5 Å². The molecule has 1 aromatic rings. The van der Waals surface area contributed by atoms with Gasteiger partial charge in [0, 0.05) is 18.3 Å². The van der Waals surface area contributed by atoms with Crippen LogP contribution in [0.2, 0.25) is 0 Å². The van der Waals surface area contributed by atoms with Crippen LogP contribution in [0.15, 0.2) is 18.2 Å². The number of hydrogen-bond acceptors (Lipinski definition) is 4. The predicted molar refractivity (Wildman–Crippen MR) is 67.8 cm³/mol. The van der Waals surface area contributed by atoms with Crippen LogP contribution < -0.4 is 16.0 Å². The van der Waals surface area contributed by atoms with Crippen LogP contribution in [0.4, 0.5) is 5.69 Å². The summed E-state index contributed by atoms with van der Waals surface area (Å²) in [6.45, 7) is 2.00. The summed E-state index contributed by atoms with van der Waals surface area (Å²) in [4.78, 5) is 23.0. The van der Waals surface area contributed by atoms with E-state index in [1.807, 2.05) is 6.07 Å². The summed E-state index contributed by atoms with van der Waals surface area (Å²) in [7, 11) is 0. The topological polar surface area (TPSA) is 70.2 Å². The van der Waals surface area contributed by atoms with Gasteiger partial charge in [0.25, 0.3) is 11.8 Å². The fraction of sp³-hybridized carbons (Fsp3) is 0.385. The molecule has 2 aliphatic heterocycles. The molecular weight excluding hydrogens is 230 g/mol. The van der Waals surface area contributed by atoms with Crippen molar-refractivity contribution in [3.63, 3.8) is 0 Å². The van der Waals surface area contributed by atoms with Crippen LogP contribution >= 0.6 is 0 Å². The van der Waals surface area contributed by atoms with Gasteiger partial charge in [0.15, 0.2) is 0 Å². The molecule has 1 atom stereocenters. The lowest BCUT2D eigenvalue weighted by Crippen LogP contribution is -2.38. The molecule has 2 aliphatic rings. The summed E-state index contributed by atoms with van der Waals surface area (Å²) < 4.78 is 0. The lowest BCUT2D eigenvalue weighted by molar-refractivity contribution is 0.0879. The van der Waals surface area contributed by atoms with E-state index >= 15 is 0 Å². The lowest BCUT2D eigenvalue weighted by atomic mass is 10.1. The van der Waals surface area contributed by atoms with Gasteiger partial charge in [0.05, 0.1) is 11.1 Å². The van der Waals surface area contributed by atoms with Crippen molar-refractivity contribution in [3.05, 3.63) is 29.3 Å². The van der Waals surface area contributed by atoms with Crippen LogP contribution in [0, 0.1) is 0 Å². The molecule has 0 spiro atoms. The first-order chi connectivity index (χ1) is 8.74. The maximum absolute atomic E-state index is 11.5. The summed E-state index contributed by atoms with van der Waals surface area (Å²) in [6, 6.07) is 5.70. The van der Waals surface area contributed by atoms with Gasteiger partial charge in [0.2, 0.25) is 0 Å². The molecule has 2 heterocycles. The molecule has 3 rings (SSSR count). The summed E-state index contributed by atoms with van der Waals surface area (Å²) in [5, 5.41) is 9.01. The highest BCUT2D eigenvalue weighted by molar-refractivity contribution is 6.21. The normalized spacial score (nSPS) is 22.6. The number of rotatable bonds is 2. The highest BCUT2D eigenvalue weighted by atomic mass is 16.2. The SMILES string of the molecule is O=C1NC(=O)c2cc(NC3CCCNC3)ccc21. The van der Waals surface area contributed by atoms with Crippen LogP contribution in [0.3, 0.4) is 0 Å². The van der Waals surface area contributed by atoms with Crippen LogP contribution in [-0.4, -0.2) is 30.9 Å². The number of carbonyl (C=O) groups is 2. The fourth-order valence-corrected chi connectivity index (χ4v) is 2.47. The minimum Gasteiger partial charge on any atom is -0.381 e. The first-order valence-electron chi connectivity index (χ1n) is 6.21. The third kappa shape index (κ3) is 1.97. The van der Waals surface area contributed by atoms with Gasteiger partial charge in [-0.3, -0.25) is 14.9 Å². The van der Waals surface area contributed by atoms with E-state index in [0.717, 1.165) is 31.6 Å². The smallest absolute Gasteiger partial charge is 0.259 e. The Labute approximate surface area is 105 Å². The molecule has 94 valence electrons. The number of fused-ring (bicyclic) bond motifs is 1. The molecule has 0 aliphatic carbocycles. The quantitative estimate of drug-likeness (QED) is 0.672. The number of benzene rings is 1. The zero-order chi connectivity index (χ0) is 12.5. The van der Waals surface area contributed by atoms with Gasteiger partial charge in [-0.05, 0) is 37.6 Å². The molecule has 5 nitrogen and oxygen atoms in total. The van der Waals surface area contributed by atoms with Crippen molar-refractivity contribution in [2.24, 2.45) is 0 Å². The van der Waals surface area contributed by atoms with Crippen LogP contribution in [0.1, 0.15) is 33.6 Å². The Bertz CT molecular complexity index is 507. The summed E-state index contributed by atoms with van der Waals surface area (Å²) in [6.07, 6.45) is 2.27. The lowest BCUT2D eigenvalue weighted by Gasteiger charge is -2.24. The number of hydrogen-bond donors (Lipinski definition) is 3. The number of amides is 2. The summed E-state index contributed by atoms with van der Waals surface area (Å²) >= 11 is 0. The maximum Gasteiger partial charge on any atom is 0.259 e. The zero-order valence-electron chi connectivity index (χ0n) is 9.95. The molecule has 3 N–H and O–H groups in total. The second kappa shape index (κ2) is 4.42. The molecular formula is C13H15N3O2. The van der Waals surface area contributed by atoms with Gasteiger partial charge < -0.3 is 10.6 Å². The largest absolute Gasteiger partial charge is 0.381 e. The average Bonchev–Trinajstić information content (AvgIpc) is 2.66. The zero-order valence-corrected chi connectivity index (χ0v) is 9.95. The van der Waals surface area contributed by atoms with Gasteiger partial charge >= 0.3 is 0 Å². The highest BCUT2D eigenvalue weighted by Gasteiger charge is 2.26. The first-order valence-corrected chi connectivity index (χ1v) is 6.21. The molecule has 0 saturated carbocycles. The molecule has 1 unspecified atom stereocenters. The Hall–Kier alpha value is -1.88. The van der Waals surface area contributed by atoms with Gasteiger partial charge in [-0.2, -0.15) is 0 Å². The Morgan fingerprint density at radius 3 is 2.78 bits per heavy atom. The standard InChI is InChI=1S/C13H15N3O2/c17-12-10-4-3-8(6-11(10)13(18)16-12)15-9-2-1-5-14-7-9/h3-4,6,9,14-15H,1-2,5,7H2,(H,16,17,18). The van der Waals surface area contributed by atoms with Crippen molar-refractivity contribution < 1.29 is 9.59 Å². The molecule has 1 aromatic carbocycles. The van der Waals surface area contributed by atoms with Gasteiger partial charge in [-0.15, -0.1) is 0 Å². The van der Waals surface area contributed by atoms with Gasteiger partial charge in [-0.1, -0.05) is 0 Å². The molecule has 1 fully saturated rings. The Morgan fingerprint density at radius 1 is 1.17 bits per heavy atom. The van der Waals surface area contributed by atoms with Gasteiger partial charge in [0.1, 0.15) is 0 Å². The number of piperidine rings is 1. The van der Waals surface area contributed by atoms with Gasteiger partial charge in [-0.25, -0.2) is 0 Å². The van der Waals surface area contributed by atoms with E-state index in [1.165, 1.54) is 0 Å². The second-order valence-electron chi connectivity index (χ2n) is 4.73. The number of nitrogens with one attached hydrogen (secondary N) is 3. The van der Waals surface area contributed by atoms with Crippen molar-refractivity contribution in [1.29, 1.82) is 0 Å². The summed E-state index contributed by atoms with van der Waals surface area (Å²) in [5.41, 5.74) is 1.83. The predicted octanol–water partition coefficient (Wildman–Crippen LogP) is 0.734. The highest BCUT2D eigenvalue weighted by Crippen LogP contribution is 2.21. The van der Waals surface area contributed by atoms with E-state index in [4.69, 9.17) is 0 Å². The van der Waals surface area contributed by atoms with E-state index in [2.05, 4.69) is 16.0 Å². The molecule has 5 heteroatoms. The van der Waals surface area contributed by atoms with Crippen LogP contribution in [-0.2, 0) is 0 Å². The molecule has 0 radical (unpaired) electrons. The van der Waals surface area contributed by atoms with E-state index in [9.17, 15) is 9.59 Å². The van der Waals surface area contributed by atoms with E-state index in [0.29, 0.717) is 17.2 Å². The summed E-state index contributed by atoms with van der Waals surface area (Å²) in [5.74, 6) is -0.610. The molecule has 2 amide bonds. The monoisotopic (exact) mass is 245 g/mol. The Kier molecular flexibility index (Phi) is 2.76. The number of anilines is 1. The Morgan fingerprint density at radius 2 is 2.00 bits per heavy atom. The van der Waals surface area contributed by atoms with E-state index < -0.39 is 0 Å². The molecule has 1 saturated heterocycles. The van der Waals surface area contributed by atoms with Crippen molar-refractivity contribution in [2.75, 3.05) is 18.4 Å². The van der Waals surface area contributed by atoms with E-state index in [1.54, 1.807) is 12.1 Å². The van der Waals surface area contributed by atoms with Crippen molar-refractivity contribution in [1.82, 2.24) is 10.6 Å². The average molecular weight is 245 g/mol. The third-order valence-electron chi connectivity index (χ3n) is 3.40. The maximum atomic E-state index is 11.5. The second-order valence-corrected chi connectivity index (χ2v) is 4.73. The van der Waals surface area contributed by atoms with Crippen molar-refractivity contribution in [2.45, 2.75) is 18.9 Å². The molecule has 0 bridgehead atoms. The minimum absolute atomic E-state index is 0.305. The van der Waals surface area contributed by atoms with E-state index in [-0.39, 0.29) is 11.8 Å². The number of carbonyl (C=O) groups excluding carboxylic acids is 2. The Balaban J connectivity index is 1.80.